The Morgan fingerprint density at radius 2 is 2.22 bits per heavy atom. The van der Waals surface area contributed by atoms with E-state index in [0.29, 0.717) is 0 Å². The minimum Gasteiger partial charge on any atom is -0.330 e. The second-order valence-corrected chi connectivity index (χ2v) is 5.97. The Morgan fingerprint density at radius 3 is 2.83 bits per heavy atom. The molecule has 1 nitrogen and oxygen atoms in total. The molecule has 1 saturated carbocycles. The lowest BCUT2D eigenvalue weighted by Gasteiger charge is -2.28. The zero-order valence-electron chi connectivity index (χ0n) is 11.5. The molecule has 1 aromatic carbocycles. The van der Waals surface area contributed by atoms with E-state index in [4.69, 9.17) is 5.73 Å². The van der Waals surface area contributed by atoms with Gasteiger partial charge in [-0.1, -0.05) is 19.4 Å². The van der Waals surface area contributed by atoms with Gasteiger partial charge in [0.2, 0.25) is 0 Å². The van der Waals surface area contributed by atoms with Gasteiger partial charge in [-0.3, -0.25) is 0 Å². The van der Waals surface area contributed by atoms with E-state index in [1.807, 2.05) is 6.07 Å². The third-order valence-corrected chi connectivity index (χ3v) is 4.69. The van der Waals surface area contributed by atoms with E-state index in [-0.39, 0.29) is 11.2 Å². The Kier molecular flexibility index (Phi) is 4.06. The van der Waals surface area contributed by atoms with Crippen LogP contribution in [0.1, 0.15) is 43.7 Å². The Morgan fingerprint density at radius 1 is 1.44 bits per heavy atom. The molecule has 0 bridgehead atoms. The van der Waals surface area contributed by atoms with Crippen molar-refractivity contribution in [1.82, 2.24) is 0 Å². The Labute approximate surface area is 110 Å². The molecule has 2 unspecified atom stereocenters. The van der Waals surface area contributed by atoms with Gasteiger partial charge in [0, 0.05) is 0 Å². The molecule has 0 saturated heterocycles. The first kappa shape index (κ1) is 13.5. The maximum absolute atomic E-state index is 13.4. The standard InChI is InChI=1S/C16H24FN/c1-3-13-6-7-16(9-13,11-18)10-14-8-15(17)5-4-12(14)2/h4-5,8,13H,3,6-7,9-11,18H2,1-2H3. The number of benzene rings is 1. The van der Waals surface area contributed by atoms with E-state index in [0.717, 1.165) is 24.4 Å². The highest BCUT2D eigenvalue weighted by Crippen LogP contribution is 2.45. The fraction of sp³-hybridized carbons (Fsp3) is 0.625. The molecule has 18 heavy (non-hydrogen) atoms. The zero-order chi connectivity index (χ0) is 13.2. The zero-order valence-corrected chi connectivity index (χ0v) is 11.5. The molecule has 2 heteroatoms. The molecule has 1 fully saturated rings. The van der Waals surface area contributed by atoms with Crippen LogP contribution in [0.2, 0.25) is 0 Å². The quantitative estimate of drug-likeness (QED) is 0.862. The summed E-state index contributed by atoms with van der Waals surface area (Å²) < 4.78 is 13.4. The van der Waals surface area contributed by atoms with E-state index in [2.05, 4.69) is 13.8 Å². The molecular weight excluding hydrogens is 225 g/mol. The van der Waals surface area contributed by atoms with Crippen molar-refractivity contribution in [3.63, 3.8) is 0 Å². The van der Waals surface area contributed by atoms with Gasteiger partial charge in [-0.05, 0) is 73.7 Å². The minimum atomic E-state index is -0.132. The van der Waals surface area contributed by atoms with Crippen LogP contribution in [0.4, 0.5) is 4.39 Å². The highest BCUT2D eigenvalue weighted by Gasteiger charge is 2.37. The third kappa shape index (κ3) is 2.74. The van der Waals surface area contributed by atoms with E-state index in [9.17, 15) is 4.39 Å². The number of rotatable bonds is 4. The van der Waals surface area contributed by atoms with Crippen molar-refractivity contribution in [2.75, 3.05) is 6.54 Å². The molecule has 0 aromatic heterocycles. The average molecular weight is 249 g/mol. The van der Waals surface area contributed by atoms with Gasteiger partial charge < -0.3 is 5.73 Å². The molecule has 2 N–H and O–H groups in total. The van der Waals surface area contributed by atoms with Crippen molar-refractivity contribution in [3.05, 3.63) is 35.1 Å². The molecule has 1 aliphatic carbocycles. The summed E-state index contributed by atoms with van der Waals surface area (Å²) in [7, 11) is 0. The van der Waals surface area contributed by atoms with Crippen molar-refractivity contribution in [1.29, 1.82) is 0 Å². The number of nitrogens with two attached hydrogens (primary N) is 1. The summed E-state index contributed by atoms with van der Waals surface area (Å²) in [5.74, 6) is 0.676. The van der Waals surface area contributed by atoms with Gasteiger partial charge >= 0.3 is 0 Å². The lowest BCUT2D eigenvalue weighted by Crippen LogP contribution is -2.30. The van der Waals surface area contributed by atoms with E-state index in [1.54, 1.807) is 6.07 Å². The van der Waals surface area contributed by atoms with Crippen molar-refractivity contribution in [2.45, 2.75) is 46.0 Å². The monoisotopic (exact) mass is 249 g/mol. The number of halogens is 1. The third-order valence-electron chi connectivity index (χ3n) is 4.69. The van der Waals surface area contributed by atoms with Gasteiger partial charge in [0.15, 0.2) is 0 Å². The van der Waals surface area contributed by atoms with Crippen LogP contribution in [0.15, 0.2) is 18.2 Å². The maximum Gasteiger partial charge on any atom is 0.123 e. The normalized spacial score (nSPS) is 27.7. The van der Waals surface area contributed by atoms with Gasteiger partial charge in [0.25, 0.3) is 0 Å². The first-order valence-electron chi connectivity index (χ1n) is 7.03. The fourth-order valence-electron chi connectivity index (χ4n) is 3.33. The summed E-state index contributed by atoms with van der Waals surface area (Å²) in [5.41, 5.74) is 8.56. The lowest BCUT2D eigenvalue weighted by atomic mass is 9.78. The number of hydrogen-bond acceptors (Lipinski definition) is 1. The van der Waals surface area contributed by atoms with Crippen LogP contribution >= 0.6 is 0 Å². The fourth-order valence-corrected chi connectivity index (χ4v) is 3.33. The second-order valence-electron chi connectivity index (χ2n) is 5.97. The maximum atomic E-state index is 13.4. The van der Waals surface area contributed by atoms with Crippen LogP contribution in [0.5, 0.6) is 0 Å². The average Bonchev–Trinajstić information content (AvgIpc) is 2.78. The second kappa shape index (κ2) is 5.40. The predicted octanol–water partition coefficient (Wildman–Crippen LogP) is 3.83. The molecule has 1 aliphatic rings. The topological polar surface area (TPSA) is 26.0 Å². The summed E-state index contributed by atoms with van der Waals surface area (Å²) in [6, 6.07) is 5.10. The van der Waals surface area contributed by atoms with Crippen molar-refractivity contribution >= 4 is 0 Å². The molecule has 0 amide bonds. The number of hydrogen-bond donors (Lipinski definition) is 1. The summed E-state index contributed by atoms with van der Waals surface area (Å²) in [6.07, 6.45) is 5.85. The van der Waals surface area contributed by atoms with Crippen LogP contribution < -0.4 is 5.73 Å². The Bertz CT molecular complexity index is 416. The first-order valence-corrected chi connectivity index (χ1v) is 7.03. The molecule has 0 heterocycles. The van der Waals surface area contributed by atoms with Crippen molar-refractivity contribution < 1.29 is 4.39 Å². The van der Waals surface area contributed by atoms with Crippen LogP contribution in [0.25, 0.3) is 0 Å². The van der Waals surface area contributed by atoms with Crippen LogP contribution in [0, 0.1) is 24.1 Å². The largest absolute Gasteiger partial charge is 0.330 e. The van der Waals surface area contributed by atoms with Gasteiger partial charge in [-0.2, -0.15) is 0 Å². The summed E-state index contributed by atoms with van der Waals surface area (Å²) >= 11 is 0. The highest BCUT2D eigenvalue weighted by molar-refractivity contribution is 5.28. The molecular formula is C16H24FN. The predicted molar refractivity (Wildman–Crippen MR) is 74.0 cm³/mol. The van der Waals surface area contributed by atoms with Crippen LogP contribution in [-0.4, -0.2) is 6.54 Å². The van der Waals surface area contributed by atoms with Gasteiger partial charge in [-0.15, -0.1) is 0 Å². The van der Waals surface area contributed by atoms with Gasteiger partial charge in [0.05, 0.1) is 0 Å². The van der Waals surface area contributed by atoms with Crippen LogP contribution in [-0.2, 0) is 6.42 Å². The number of aryl methyl sites for hydroxylation is 1. The SMILES string of the molecule is CCC1CCC(CN)(Cc2cc(F)ccc2C)C1. The molecule has 100 valence electrons. The van der Waals surface area contributed by atoms with E-state index >= 15 is 0 Å². The van der Waals surface area contributed by atoms with E-state index < -0.39 is 0 Å². The summed E-state index contributed by atoms with van der Waals surface area (Å²) in [4.78, 5) is 0. The Hall–Kier alpha value is -0.890. The van der Waals surface area contributed by atoms with Gasteiger partial charge in [-0.25, -0.2) is 4.39 Å². The van der Waals surface area contributed by atoms with E-state index in [1.165, 1.54) is 37.3 Å². The highest BCUT2D eigenvalue weighted by atomic mass is 19.1. The molecule has 0 radical (unpaired) electrons. The van der Waals surface area contributed by atoms with Crippen molar-refractivity contribution in [3.8, 4) is 0 Å². The lowest BCUT2D eigenvalue weighted by molar-refractivity contribution is 0.290. The van der Waals surface area contributed by atoms with Crippen molar-refractivity contribution in [2.24, 2.45) is 17.1 Å². The molecule has 2 atom stereocenters. The summed E-state index contributed by atoms with van der Waals surface area (Å²) in [6.45, 7) is 5.04. The first-order chi connectivity index (χ1) is 8.58. The minimum absolute atomic E-state index is 0.132. The van der Waals surface area contributed by atoms with Crippen LogP contribution in [0.3, 0.4) is 0 Å². The smallest absolute Gasteiger partial charge is 0.123 e. The molecule has 0 spiro atoms. The molecule has 0 aliphatic heterocycles. The molecule has 1 aromatic rings. The van der Waals surface area contributed by atoms with Gasteiger partial charge in [0.1, 0.15) is 5.82 Å². The summed E-state index contributed by atoms with van der Waals surface area (Å²) in [5, 5.41) is 0. The molecule has 2 rings (SSSR count). The Balaban J connectivity index is 2.18.